The van der Waals surface area contributed by atoms with E-state index >= 15 is 0 Å². The molecule has 1 aliphatic rings. The van der Waals surface area contributed by atoms with E-state index in [1.54, 1.807) is 9.80 Å². The summed E-state index contributed by atoms with van der Waals surface area (Å²) >= 11 is 0. The van der Waals surface area contributed by atoms with E-state index < -0.39 is 6.04 Å². The van der Waals surface area contributed by atoms with Gasteiger partial charge in [0, 0.05) is 26.7 Å². The number of ether oxygens (including phenoxy) is 1. The fourth-order valence-electron chi connectivity index (χ4n) is 3.13. The van der Waals surface area contributed by atoms with Gasteiger partial charge in [-0.15, -0.1) is 0 Å². The Balaban J connectivity index is 1.72. The molecule has 0 saturated carbocycles. The van der Waals surface area contributed by atoms with E-state index in [0.29, 0.717) is 32.2 Å². The summed E-state index contributed by atoms with van der Waals surface area (Å²) in [6, 6.07) is 9.22. The molecule has 1 fully saturated rings. The monoisotopic (exact) mass is 361 g/mol. The maximum Gasteiger partial charge on any atom is 0.410 e. The third-order valence-electron chi connectivity index (χ3n) is 4.99. The van der Waals surface area contributed by atoms with E-state index in [9.17, 15) is 9.59 Å². The van der Waals surface area contributed by atoms with Gasteiger partial charge in [-0.3, -0.25) is 4.79 Å². The molecule has 0 aliphatic carbocycles. The van der Waals surface area contributed by atoms with Gasteiger partial charge in [0.05, 0.1) is 6.04 Å². The number of benzene rings is 1. The van der Waals surface area contributed by atoms with Crippen molar-refractivity contribution in [3.8, 4) is 0 Å². The number of hydrogen-bond donors (Lipinski definition) is 1. The van der Waals surface area contributed by atoms with Crippen LogP contribution in [0.3, 0.4) is 0 Å². The standard InChI is InChI=1S/C20H31N3O3/c1-15(2)18(21)19(24)22(3)13-16-9-11-23(12-10-16)20(25)26-14-17-7-5-4-6-8-17/h4-8,15-16,18H,9-14,21H2,1-3H3. The van der Waals surface area contributed by atoms with Crippen LogP contribution >= 0.6 is 0 Å². The molecule has 0 aromatic heterocycles. The third kappa shape index (κ3) is 5.73. The Bertz CT molecular complexity index is 583. The molecule has 1 atom stereocenters. The number of nitrogens with zero attached hydrogens (tertiary/aromatic N) is 2. The highest BCUT2D eigenvalue weighted by Crippen LogP contribution is 2.19. The maximum atomic E-state index is 12.3. The predicted octanol–water partition coefficient (Wildman–Crippen LogP) is 2.48. The van der Waals surface area contributed by atoms with Crippen LogP contribution in [0, 0.1) is 11.8 Å². The number of likely N-dealkylation sites (N-methyl/N-ethyl adjacent to an activating group) is 1. The Labute approximate surface area is 156 Å². The molecule has 6 heteroatoms. The average Bonchev–Trinajstić information content (AvgIpc) is 2.66. The van der Waals surface area contributed by atoms with E-state index in [4.69, 9.17) is 10.5 Å². The highest BCUT2D eigenvalue weighted by molar-refractivity contribution is 5.81. The Morgan fingerprint density at radius 3 is 2.42 bits per heavy atom. The molecule has 0 spiro atoms. The first-order chi connectivity index (χ1) is 12.4. The van der Waals surface area contributed by atoms with Crippen molar-refractivity contribution in [2.24, 2.45) is 17.6 Å². The first-order valence-electron chi connectivity index (χ1n) is 9.34. The minimum Gasteiger partial charge on any atom is -0.445 e. The number of carbonyl (C=O) groups is 2. The number of piperidine rings is 1. The van der Waals surface area contributed by atoms with Crippen LogP contribution in [0.1, 0.15) is 32.3 Å². The SMILES string of the molecule is CC(C)C(N)C(=O)N(C)CC1CCN(C(=O)OCc2ccccc2)CC1. The summed E-state index contributed by atoms with van der Waals surface area (Å²) in [6.45, 7) is 6.22. The second-order valence-corrected chi connectivity index (χ2v) is 7.46. The van der Waals surface area contributed by atoms with Gasteiger partial charge >= 0.3 is 6.09 Å². The van der Waals surface area contributed by atoms with Crippen LogP contribution in [0.5, 0.6) is 0 Å². The number of nitrogens with two attached hydrogens (primary N) is 1. The number of carbonyl (C=O) groups excluding carboxylic acids is 2. The summed E-state index contributed by atoms with van der Waals surface area (Å²) in [4.78, 5) is 27.9. The fourth-order valence-corrected chi connectivity index (χ4v) is 3.13. The second-order valence-electron chi connectivity index (χ2n) is 7.46. The molecule has 1 saturated heterocycles. The normalized spacial score (nSPS) is 16.4. The second kappa shape index (κ2) is 9.57. The molecule has 1 heterocycles. The lowest BCUT2D eigenvalue weighted by atomic mass is 9.96. The number of hydrogen-bond acceptors (Lipinski definition) is 4. The molecular weight excluding hydrogens is 330 g/mol. The lowest BCUT2D eigenvalue weighted by Crippen LogP contribution is -2.47. The van der Waals surface area contributed by atoms with Crippen molar-refractivity contribution in [1.29, 1.82) is 0 Å². The predicted molar refractivity (Wildman–Crippen MR) is 101 cm³/mol. The summed E-state index contributed by atoms with van der Waals surface area (Å²) < 4.78 is 5.39. The van der Waals surface area contributed by atoms with E-state index in [1.165, 1.54) is 0 Å². The van der Waals surface area contributed by atoms with Gasteiger partial charge in [-0.1, -0.05) is 44.2 Å². The van der Waals surface area contributed by atoms with Crippen LogP contribution in [-0.4, -0.2) is 54.5 Å². The number of likely N-dealkylation sites (tertiary alicyclic amines) is 1. The molecule has 144 valence electrons. The molecule has 1 unspecified atom stereocenters. The van der Waals surface area contributed by atoms with Gasteiger partial charge in [0.2, 0.25) is 5.91 Å². The first kappa shape index (κ1) is 20.2. The smallest absolute Gasteiger partial charge is 0.410 e. The van der Waals surface area contributed by atoms with Gasteiger partial charge in [-0.05, 0) is 30.2 Å². The summed E-state index contributed by atoms with van der Waals surface area (Å²) in [6.07, 6.45) is 1.47. The van der Waals surface area contributed by atoms with Crippen molar-refractivity contribution in [2.45, 2.75) is 39.3 Å². The van der Waals surface area contributed by atoms with Crippen molar-refractivity contribution < 1.29 is 14.3 Å². The quantitative estimate of drug-likeness (QED) is 0.844. The third-order valence-corrected chi connectivity index (χ3v) is 4.99. The van der Waals surface area contributed by atoms with Gasteiger partial charge in [0.15, 0.2) is 0 Å². The topological polar surface area (TPSA) is 75.9 Å². The molecule has 0 radical (unpaired) electrons. The lowest BCUT2D eigenvalue weighted by Gasteiger charge is -2.34. The maximum absolute atomic E-state index is 12.3. The number of rotatable bonds is 6. The molecule has 2 rings (SSSR count). The van der Waals surface area contributed by atoms with E-state index in [2.05, 4.69) is 0 Å². The fraction of sp³-hybridized carbons (Fsp3) is 0.600. The van der Waals surface area contributed by atoms with Crippen molar-refractivity contribution >= 4 is 12.0 Å². The van der Waals surface area contributed by atoms with Crippen LogP contribution in [-0.2, 0) is 16.1 Å². The average molecular weight is 361 g/mol. The largest absolute Gasteiger partial charge is 0.445 e. The molecule has 6 nitrogen and oxygen atoms in total. The van der Waals surface area contributed by atoms with Gasteiger partial charge in [-0.25, -0.2) is 4.79 Å². The molecule has 0 bridgehead atoms. The highest BCUT2D eigenvalue weighted by atomic mass is 16.6. The minimum atomic E-state index is -0.451. The van der Waals surface area contributed by atoms with Crippen molar-refractivity contribution in [1.82, 2.24) is 9.80 Å². The van der Waals surface area contributed by atoms with Gasteiger partial charge in [0.1, 0.15) is 6.61 Å². The zero-order valence-corrected chi connectivity index (χ0v) is 16.1. The zero-order valence-electron chi connectivity index (χ0n) is 16.1. The van der Waals surface area contributed by atoms with Gasteiger partial charge in [0.25, 0.3) is 0 Å². The van der Waals surface area contributed by atoms with Crippen LogP contribution < -0.4 is 5.73 Å². The molecule has 2 N–H and O–H groups in total. The van der Waals surface area contributed by atoms with E-state index in [0.717, 1.165) is 18.4 Å². The molecule has 1 aliphatic heterocycles. The van der Waals surface area contributed by atoms with Crippen LogP contribution in [0.4, 0.5) is 4.79 Å². The van der Waals surface area contributed by atoms with Gasteiger partial charge in [-0.2, -0.15) is 0 Å². The van der Waals surface area contributed by atoms with Crippen molar-refractivity contribution in [3.63, 3.8) is 0 Å². The molecule has 1 aromatic carbocycles. The molecule has 1 aromatic rings. The first-order valence-corrected chi connectivity index (χ1v) is 9.34. The summed E-state index contributed by atoms with van der Waals surface area (Å²) in [5, 5.41) is 0. The molecular formula is C20H31N3O3. The number of amides is 2. The highest BCUT2D eigenvalue weighted by Gasteiger charge is 2.27. The summed E-state index contributed by atoms with van der Waals surface area (Å²) in [5.74, 6) is 0.511. The minimum absolute atomic E-state index is 0.00954. The van der Waals surface area contributed by atoms with Crippen molar-refractivity contribution in [2.75, 3.05) is 26.7 Å². The molecule has 2 amide bonds. The van der Waals surface area contributed by atoms with Crippen LogP contribution in [0.25, 0.3) is 0 Å². The summed E-state index contributed by atoms with van der Waals surface area (Å²) in [7, 11) is 1.81. The molecule has 26 heavy (non-hydrogen) atoms. The Kier molecular flexibility index (Phi) is 7.45. The Morgan fingerprint density at radius 2 is 1.85 bits per heavy atom. The van der Waals surface area contributed by atoms with E-state index in [1.807, 2.05) is 51.2 Å². The lowest BCUT2D eigenvalue weighted by molar-refractivity contribution is -0.133. The summed E-state index contributed by atoms with van der Waals surface area (Å²) in [5.41, 5.74) is 6.93. The van der Waals surface area contributed by atoms with Gasteiger partial charge < -0.3 is 20.3 Å². The van der Waals surface area contributed by atoms with Crippen molar-refractivity contribution in [3.05, 3.63) is 35.9 Å². The zero-order chi connectivity index (χ0) is 19.1. The van der Waals surface area contributed by atoms with E-state index in [-0.39, 0.29) is 17.9 Å². The Hall–Kier alpha value is -2.08. The van der Waals surface area contributed by atoms with Crippen LogP contribution in [0.2, 0.25) is 0 Å². The van der Waals surface area contributed by atoms with Crippen LogP contribution in [0.15, 0.2) is 30.3 Å². The Morgan fingerprint density at radius 1 is 1.23 bits per heavy atom.